The van der Waals surface area contributed by atoms with Gasteiger partial charge in [-0.05, 0) is 55.5 Å². The van der Waals surface area contributed by atoms with Crippen molar-refractivity contribution < 1.29 is 13.2 Å². The zero-order valence-electron chi connectivity index (χ0n) is 17.6. The maximum absolute atomic E-state index is 13.4. The number of benzene rings is 3. The van der Waals surface area contributed by atoms with E-state index in [9.17, 15) is 18.0 Å². The standard InChI is InChI=1S/C23H20BrN3O4S2/c1-2-26-20-12-11-17(14-21(20)32-23(26)29)25-22(28)15-27(18-8-6-7-16(24)13-18)33(30,31)19-9-4-3-5-10-19/h3-14H,2,15H2,1H3,(H,25,28). The summed E-state index contributed by atoms with van der Waals surface area (Å²) >= 11 is 4.46. The van der Waals surface area contributed by atoms with E-state index in [0.717, 1.165) is 25.9 Å². The van der Waals surface area contributed by atoms with Gasteiger partial charge < -0.3 is 5.32 Å². The Morgan fingerprint density at radius 3 is 2.52 bits per heavy atom. The third kappa shape index (κ3) is 4.87. The van der Waals surface area contributed by atoms with Gasteiger partial charge >= 0.3 is 4.87 Å². The van der Waals surface area contributed by atoms with Gasteiger partial charge in [0.2, 0.25) is 5.91 Å². The predicted molar refractivity (Wildman–Crippen MR) is 136 cm³/mol. The number of carbonyl (C=O) groups is 1. The number of rotatable bonds is 7. The number of amides is 1. The lowest BCUT2D eigenvalue weighted by molar-refractivity contribution is -0.114. The molecule has 0 aliphatic rings. The van der Waals surface area contributed by atoms with Gasteiger partial charge in [0.1, 0.15) is 6.54 Å². The van der Waals surface area contributed by atoms with Crippen LogP contribution in [-0.4, -0.2) is 25.4 Å². The van der Waals surface area contributed by atoms with Gasteiger partial charge in [-0.25, -0.2) is 8.42 Å². The number of carbonyl (C=O) groups excluding carboxylic acids is 1. The van der Waals surface area contributed by atoms with Gasteiger partial charge in [-0.2, -0.15) is 0 Å². The van der Waals surface area contributed by atoms with E-state index in [1.165, 1.54) is 12.1 Å². The fourth-order valence-electron chi connectivity index (χ4n) is 3.44. The molecule has 0 spiro atoms. The molecule has 0 unspecified atom stereocenters. The maximum atomic E-state index is 13.4. The van der Waals surface area contributed by atoms with Crippen LogP contribution in [0.5, 0.6) is 0 Å². The number of nitrogens with one attached hydrogen (secondary N) is 1. The number of halogens is 1. The SMILES string of the molecule is CCn1c(=O)sc2cc(NC(=O)CN(c3cccc(Br)c3)S(=O)(=O)c3ccccc3)ccc21. The van der Waals surface area contributed by atoms with E-state index in [4.69, 9.17) is 0 Å². The van der Waals surface area contributed by atoms with Crippen molar-refractivity contribution in [2.75, 3.05) is 16.2 Å². The molecular weight excluding hydrogens is 526 g/mol. The minimum absolute atomic E-state index is 0.0641. The van der Waals surface area contributed by atoms with Gasteiger partial charge in [0.15, 0.2) is 0 Å². The maximum Gasteiger partial charge on any atom is 0.308 e. The zero-order valence-corrected chi connectivity index (χ0v) is 20.8. The Kier molecular flexibility index (Phi) is 6.68. The number of thiazole rings is 1. The predicted octanol–water partition coefficient (Wildman–Crippen LogP) is 4.68. The lowest BCUT2D eigenvalue weighted by atomic mass is 10.3. The second-order valence-electron chi connectivity index (χ2n) is 7.15. The summed E-state index contributed by atoms with van der Waals surface area (Å²) in [5.41, 5.74) is 1.65. The number of sulfonamides is 1. The molecule has 1 aromatic heterocycles. The quantitative estimate of drug-likeness (QED) is 0.365. The molecule has 0 fully saturated rings. The Hall–Kier alpha value is -2.95. The first kappa shape index (κ1) is 23.2. The van der Waals surface area contributed by atoms with Crippen molar-refractivity contribution in [3.63, 3.8) is 0 Å². The molecule has 0 aliphatic carbocycles. The number of fused-ring (bicyclic) bond motifs is 1. The van der Waals surface area contributed by atoms with Crippen molar-refractivity contribution in [1.82, 2.24) is 4.57 Å². The number of aryl methyl sites for hydroxylation is 1. The number of aromatic nitrogens is 1. The van der Waals surface area contributed by atoms with Crippen LogP contribution < -0.4 is 14.5 Å². The Morgan fingerprint density at radius 1 is 1.06 bits per heavy atom. The molecule has 0 saturated heterocycles. The van der Waals surface area contributed by atoms with Crippen molar-refractivity contribution in [3.05, 3.63) is 86.9 Å². The molecule has 10 heteroatoms. The van der Waals surface area contributed by atoms with E-state index in [0.29, 0.717) is 22.4 Å². The molecule has 7 nitrogen and oxygen atoms in total. The summed E-state index contributed by atoms with van der Waals surface area (Å²) < 4.78 is 30.9. The van der Waals surface area contributed by atoms with Crippen LogP contribution in [0.4, 0.5) is 11.4 Å². The highest BCUT2D eigenvalue weighted by atomic mass is 79.9. The van der Waals surface area contributed by atoms with Crippen molar-refractivity contribution >= 4 is 64.8 Å². The third-order valence-corrected chi connectivity index (χ3v) is 8.21. The summed E-state index contributed by atoms with van der Waals surface area (Å²) in [6.45, 7) is 2.04. The monoisotopic (exact) mass is 545 g/mol. The molecule has 170 valence electrons. The van der Waals surface area contributed by atoms with Crippen LogP contribution >= 0.6 is 27.3 Å². The Bertz CT molecular complexity index is 1480. The van der Waals surface area contributed by atoms with Crippen LogP contribution in [0, 0.1) is 0 Å². The molecule has 0 aliphatic heterocycles. The van der Waals surface area contributed by atoms with Crippen LogP contribution in [0.2, 0.25) is 0 Å². The van der Waals surface area contributed by atoms with Gasteiger partial charge in [0, 0.05) is 16.7 Å². The highest BCUT2D eigenvalue weighted by molar-refractivity contribution is 9.10. The molecule has 0 radical (unpaired) electrons. The molecule has 1 heterocycles. The van der Waals surface area contributed by atoms with Crippen molar-refractivity contribution in [3.8, 4) is 0 Å². The van der Waals surface area contributed by atoms with Gasteiger partial charge in [-0.1, -0.05) is 51.5 Å². The molecule has 0 saturated carbocycles. The number of hydrogen-bond donors (Lipinski definition) is 1. The Labute approximate surface area is 203 Å². The highest BCUT2D eigenvalue weighted by Crippen LogP contribution is 2.27. The average Bonchev–Trinajstić information content (AvgIpc) is 3.12. The van der Waals surface area contributed by atoms with E-state index in [1.54, 1.807) is 65.2 Å². The molecule has 4 aromatic rings. The summed E-state index contributed by atoms with van der Waals surface area (Å²) in [5.74, 6) is -0.504. The summed E-state index contributed by atoms with van der Waals surface area (Å²) in [6, 6.07) is 19.9. The zero-order chi connectivity index (χ0) is 23.6. The minimum atomic E-state index is -3.99. The molecule has 0 bridgehead atoms. The van der Waals surface area contributed by atoms with Gasteiger partial charge in [0.05, 0.1) is 20.8 Å². The third-order valence-electron chi connectivity index (χ3n) is 4.98. The van der Waals surface area contributed by atoms with Crippen LogP contribution in [0.3, 0.4) is 0 Å². The summed E-state index contributed by atoms with van der Waals surface area (Å²) in [5, 5.41) is 2.76. The molecule has 33 heavy (non-hydrogen) atoms. The van der Waals surface area contributed by atoms with Gasteiger partial charge in [-0.15, -0.1) is 0 Å². The average molecular weight is 546 g/mol. The number of anilines is 2. The fraction of sp³-hybridized carbons (Fsp3) is 0.130. The Morgan fingerprint density at radius 2 is 1.82 bits per heavy atom. The van der Waals surface area contributed by atoms with E-state index < -0.39 is 22.5 Å². The summed E-state index contributed by atoms with van der Waals surface area (Å²) in [4.78, 5) is 25.0. The first-order valence-electron chi connectivity index (χ1n) is 10.1. The van der Waals surface area contributed by atoms with Gasteiger partial charge in [-0.3, -0.25) is 18.5 Å². The lowest BCUT2D eigenvalue weighted by Crippen LogP contribution is -2.38. The van der Waals surface area contributed by atoms with Crippen molar-refractivity contribution in [2.45, 2.75) is 18.4 Å². The number of hydrogen-bond acceptors (Lipinski definition) is 5. The topological polar surface area (TPSA) is 88.5 Å². The smallest absolute Gasteiger partial charge is 0.308 e. The minimum Gasteiger partial charge on any atom is -0.324 e. The van der Waals surface area contributed by atoms with Crippen LogP contribution in [0.25, 0.3) is 10.2 Å². The molecule has 1 N–H and O–H groups in total. The van der Waals surface area contributed by atoms with Crippen molar-refractivity contribution in [1.29, 1.82) is 0 Å². The normalized spacial score (nSPS) is 11.5. The van der Waals surface area contributed by atoms with Crippen molar-refractivity contribution in [2.24, 2.45) is 0 Å². The molecule has 0 atom stereocenters. The van der Waals surface area contributed by atoms with E-state index in [2.05, 4.69) is 21.2 Å². The van der Waals surface area contributed by atoms with Crippen LogP contribution in [-0.2, 0) is 21.4 Å². The second-order valence-corrected chi connectivity index (χ2v) is 10.9. The fourth-order valence-corrected chi connectivity index (χ4v) is 6.26. The summed E-state index contributed by atoms with van der Waals surface area (Å²) in [6.07, 6.45) is 0. The van der Waals surface area contributed by atoms with E-state index in [1.807, 2.05) is 6.92 Å². The Balaban J connectivity index is 1.64. The molecule has 3 aromatic carbocycles. The first-order chi connectivity index (χ1) is 15.8. The van der Waals surface area contributed by atoms with Gasteiger partial charge in [0.25, 0.3) is 10.0 Å². The first-order valence-corrected chi connectivity index (χ1v) is 13.1. The number of nitrogens with zero attached hydrogens (tertiary/aromatic N) is 2. The largest absolute Gasteiger partial charge is 0.324 e. The highest BCUT2D eigenvalue weighted by Gasteiger charge is 2.27. The second kappa shape index (κ2) is 9.50. The summed E-state index contributed by atoms with van der Waals surface area (Å²) in [7, 11) is -3.99. The van der Waals surface area contributed by atoms with E-state index in [-0.39, 0.29) is 9.77 Å². The van der Waals surface area contributed by atoms with Crippen LogP contribution in [0.1, 0.15) is 6.92 Å². The molecule has 4 rings (SSSR count). The molecule has 1 amide bonds. The lowest BCUT2D eigenvalue weighted by Gasteiger charge is -2.24. The molecular formula is C23H20BrN3O4S2. The van der Waals surface area contributed by atoms with Crippen LogP contribution in [0.15, 0.2) is 87.0 Å². The van der Waals surface area contributed by atoms with E-state index >= 15 is 0 Å².